The molecular weight excluding hydrogens is 617 g/mol. The van der Waals surface area contributed by atoms with Crippen LogP contribution in [0.4, 0.5) is 10.2 Å². The zero-order chi connectivity index (χ0) is 29.5. The van der Waals surface area contributed by atoms with Crippen LogP contribution in [0, 0.1) is 5.82 Å². The van der Waals surface area contributed by atoms with Crippen LogP contribution in [-0.2, 0) is 17.9 Å². The molecule has 0 bridgehead atoms. The highest BCUT2D eigenvalue weighted by Gasteiger charge is 2.26. The molecule has 14 nitrogen and oxygen atoms in total. The van der Waals surface area contributed by atoms with E-state index in [9.17, 15) is 9.18 Å². The molecule has 0 aliphatic carbocycles. The topological polar surface area (TPSA) is 168 Å². The monoisotopic (exact) mass is 643 g/mol. The fourth-order valence-electron chi connectivity index (χ4n) is 4.15. The second-order valence-electron chi connectivity index (χ2n) is 9.00. The summed E-state index contributed by atoms with van der Waals surface area (Å²) >= 11 is 3.49. The van der Waals surface area contributed by atoms with Gasteiger partial charge in [-0.25, -0.2) is 14.4 Å². The molecule has 0 saturated carbocycles. The molecular formula is C26H27BrFN9O5. The van der Waals surface area contributed by atoms with Crippen molar-refractivity contribution in [1.29, 1.82) is 0 Å². The van der Waals surface area contributed by atoms with Gasteiger partial charge in [-0.2, -0.15) is 9.78 Å². The first-order valence-corrected chi connectivity index (χ1v) is 13.7. The van der Waals surface area contributed by atoms with Crippen LogP contribution >= 0.6 is 15.9 Å². The van der Waals surface area contributed by atoms with Crippen molar-refractivity contribution in [3.05, 3.63) is 69.2 Å². The number of halogens is 2. The highest BCUT2D eigenvalue weighted by molar-refractivity contribution is 9.10. The first-order chi connectivity index (χ1) is 20.4. The molecule has 0 radical (unpaired) electrons. The van der Waals surface area contributed by atoms with E-state index in [2.05, 4.69) is 52.0 Å². The Balaban J connectivity index is 1.33. The molecule has 3 heterocycles. The Kier molecular flexibility index (Phi) is 9.35. The second-order valence-corrected chi connectivity index (χ2v) is 9.85. The largest absolute Gasteiger partial charge is 0.490 e. The minimum atomic E-state index is -0.593. The molecule has 3 N–H and O–H groups in total. The van der Waals surface area contributed by atoms with E-state index in [-0.39, 0.29) is 29.8 Å². The number of anilines is 1. The number of carbonyl (C=O) groups excluding carboxylic acids is 1. The molecule has 1 fully saturated rings. The minimum absolute atomic E-state index is 0.00474. The maximum Gasteiger partial charge on any atom is 0.293 e. The molecule has 4 aromatic rings. The molecule has 16 heteroatoms. The third-order valence-corrected chi connectivity index (χ3v) is 6.78. The van der Waals surface area contributed by atoms with E-state index >= 15 is 0 Å². The maximum atomic E-state index is 14.1. The van der Waals surface area contributed by atoms with Crippen LogP contribution in [0.1, 0.15) is 34.2 Å². The summed E-state index contributed by atoms with van der Waals surface area (Å²) in [6, 6.07) is 9.80. The summed E-state index contributed by atoms with van der Waals surface area (Å²) in [4.78, 5) is 15.2. The van der Waals surface area contributed by atoms with Gasteiger partial charge in [0.2, 0.25) is 11.6 Å². The Morgan fingerprint density at radius 3 is 2.79 bits per heavy atom. The van der Waals surface area contributed by atoms with Crippen molar-refractivity contribution in [2.75, 3.05) is 38.6 Å². The Morgan fingerprint density at radius 1 is 1.24 bits per heavy atom. The number of hydrazone groups is 1. The van der Waals surface area contributed by atoms with E-state index < -0.39 is 5.91 Å². The second kappa shape index (κ2) is 13.5. The average Bonchev–Trinajstić information content (AvgIpc) is 3.59. The van der Waals surface area contributed by atoms with Crippen LogP contribution in [0.2, 0.25) is 0 Å². The summed E-state index contributed by atoms with van der Waals surface area (Å²) in [5.74, 6) is 0.00644. The van der Waals surface area contributed by atoms with Crippen molar-refractivity contribution < 1.29 is 28.0 Å². The number of carbonyl (C=O) groups is 1. The van der Waals surface area contributed by atoms with E-state index in [1.54, 1.807) is 30.3 Å². The van der Waals surface area contributed by atoms with Gasteiger partial charge in [0.05, 0.1) is 36.2 Å². The summed E-state index contributed by atoms with van der Waals surface area (Å²) in [6.45, 7) is 4.99. The van der Waals surface area contributed by atoms with Gasteiger partial charge in [0.25, 0.3) is 5.91 Å². The first-order valence-electron chi connectivity index (χ1n) is 12.9. The molecule has 2 aromatic heterocycles. The number of amides is 1. The zero-order valence-corrected chi connectivity index (χ0v) is 24.1. The van der Waals surface area contributed by atoms with Gasteiger partial charge in [-0.3, -0.25) is 9.69 Å². The van der Waals surface area contributed by atoms with Gasteiger partial charge in [0.15, 0.2) is 17.2 Å². The quantitative estimate of drug-likeness (QED) is 0.182. The number of ether oxygens (including phenoxy) is 3. The number of nitrogens with zero attached hydrogens (tertiary/aromatic N) is 7. The number of aromatic nitrogens is 5. The highest BCUT2D eigenvalue weighted by atomic mass is 79.9. The molecule has 2 aromatic carbocycles. The molecule has 1 aliphatic heterocycles. The molecule has 220 valence electrons. The van der Waals surface area contributed by atoms with Gasteiger partial charge >= 0.3 is 0 Å². The lowest BCUT2D eigenvalue weighted by atomic mass is 10.2. The van der Waals surface area contributed by atoms with Gasteiger partial charge in [0, 0.05) is 25.2 Å². The van der Waals surface area contributed by atoms with Crippen LogP contribution in [0.25, 0.3) is 5.82 Å². The lowest BCUT2D eigenvalue weighted by Crippen LogP contribution is -2.37. The number of nitrogen functional groups attached to an aromatic ring is 1. The Labute approximate surface area is 247 Å². The van der Waals surface area contributed by atoms with Crippen LogP contribution < -0.4 is 20.6 Å². The molecule has 42 heavy (non-hydrogen) atoms. The first kappa shape index (κ1) is 29.1. The summed E-state index contributed by atoms with van der Waals surface area (Å²) in [6.07, 6.45) is 1.44. The van der Waals surface area contributed by atoms with Gasteiger partial charge in [-0.15, -0.1) is 5.10 Å². The minimum Gasteiger partial charge on any atom is -0.490 e. The summed E-state index contributed by atoms with van der Waals surface area (Å²) < 4.78 is 37.7. The standard InChI is InChI=1S/C26H27BrFN9O5/c1-2-40-21-12-16(11-18(27)23(21)41-15-17-5-3-4-6-19(17)28)13-30-32-26(38)22-20(14-36-7-9-39-10-8-36)37(35-31-22)25-24(29)33-42-34-25/h3-6,11-13H,2,7-10,14-15H2,1H3,(H2,29,33)(H,32,38)/b30-13-. The smallest absolute Gasteiger partial charge is 0.293 e. The average molecular weight is 644 g/mol. The van der Waals surface area contributed by atoms with E-state index in [0.29, 0.717) is 72.2 Å². The zero-order valence-electron chi connectivity index (χ0n) is 22.5. The maximum absolute atomic E-state index is 14.1. The molecule has 1 saturated heterocycles. The Morgan fingerprint density at radius 2 is 2.05 bits per heavy atom. The van der Waals surface area contributed by atoms with Crippen molar-refractivity contribution in [3.63, 3.8) is 0 Å². The van der Waals surface area contributed by atoms with Gasteiger partial charge in [-0.05, 0) is 56.9 Å². The fourth-order valence-corrected chi connectivity index (χ4v) is 4.72. The van der Waals surface area contributed by atoms with Gasteiger partial charge in [0.1, 0.15) is 12.4 Å². The van der Waals surface area contributed by atoms with E-state index in [1.807, 2.05) is 6.92 Å². The number of nitrogens with two attached hydrogens (primary N) is 1. The number of nitrogens with one attached hydrogen (secondary N) is 1. The Hall–Kier alpha value is -4.41. The van der Waals surface area contributed by atoms with Crippen molar-refractivity contribution in [1.82, 2.24) is 35.6 Å². The third kappa shape index (κ3) is 6.72. The third-order valence-electron chi connectivity index (χ3n) is 6.19. The highest BCUT2D eigenvalue weighted by Crippen LogP contribution is 2.37. The lowest BCUT2D eigenvalue weighted by Gasteiger charge is -2.26. The number of morpholine rings is 1. The predicted molar refractivity (Wildman–Crippen MR) is 151 cm³/mol. The molecule has 5 rings (SSSR count). The molecule has 1 aliphatic rings. The van der Waals surface area contributed by atoms with Crippen LogP contribution in [-0.4, -0.2) is 75.2 Å². The predicted octanol–water partition coefficient (Wildman–Crippen LogP) is 2.71. The fraction of sp³-hybridized carbons (Fsp3) is 0.308. The molecule has 0 unspecified atom stereocenters. The van der Waals surface area contributed by atoms with Gasteiger partial charge < -0.3 is 19.9 Å². The van der Waals surface area contributed by atoms with Gasteiger partial charge in [-0.1, -0.05) is 23.4 Å². The molecule has 1 amide bonds. The normalized spacial score (nSPS) is 13.9. The van der Waals surface area contributed by atoms with Crippen molar-refractivity contribution >= 4 is 33.9 Å². The lowest BCUT2D eigenvalue weighted by molar-refractivity contribution is 0.0332. The van der Waals surface area contributed by atoms with Crippen LogP contribution in [0.5, 0.6) is 11.5 Å². The summed E-state index contributed by atoms with van der Waals surface area (Å²) in [7, 11) is 0. The molecule has 0 atom stereocenters. The van der Waals surface area contributed by atoms with Crippen LogP contribution in [0.3, 0.4) is 0 Å². The van der Waals surface area contributed by atoms with Crippen LogP contribution in [0.15, 0.2) is 50.6 Å². The summed E-state index contributed by atoms with van der Waals surface area (Å²) in [5, 5.41) is 19.6. The van der Waals surface area contributed by atoms with Crippen molar-refractivity contribution in [2.45, 2.75) is 20.1 Å². The number of rotatable bonds is 11. The number of benzene rings is 2. The van der Waals surface area contributed by atoms with E-state index in [4.69, 9.17) is 24.6 Å². The summed E-state index contributed by atoms with van der Waals surface area (Å²) in [5.41, 5.74) is 9.83. The van der Waals surface area contributed by atoms with Crippen molar-refractivity contribution in [3.8, 4) is 17.3 Å². The van der Waals surface area contributed by atoms with E-state index in [0.717, 1.165) is 0 Å². The van der Waals surface area contributed by atoms with Crippen molar-refractivity contribution in [2.24, 2.45) is 5.10 Å². The SMILES string of the molecule is CCOc1cc(/C=N\NC(=O)c2nnn(-c3nonc3N)c2CN2CCOCC2)cc(Br)c1OCc1ccccc1F. The molecule has 0 spiro atoms. The van der Waals surface area contributed by atoms with E-state index in [1.165, 1.54) is 17.0 Å². The Bertz CT molecular complexity index is 1570. The number of hydrogen-bond acceptors (Lipinski definition) is 12. The number of hydrogen-bond donors (Lipinski definition) is 2.